The number of carbonyl (C=O) groups excluding carboxylic acids is 5. The van der Waals surface area contributed by atoms with Gasteiger partial charge in [-0.2, -0.15) is 0 Å². The lowest BCUT2D eigenvalue weighted by atomic mass is 9.54. The molecule has 8 bridgehead atoms. The van der Waals surface area contributed by atoms with Gasteiger partial charge in [0.2, 0.25) is 0 Å². The Labute approximate surface area is 403 Å². The summed E-state index contributed by atoms with van der Waals surface area (Å²) in [4.78, 5) is 56.1. The van der Waals surface area contributed by atoms with Crippen LogP contribution in [0.15, 0.2) is 60.8 Å². The topological polar surface area (TPSA) is 132 Å². The van der Waals surface area contributed by atoms with Gasteiger partial charge in [0.15, 0.2) is 0 Å². The number of methoxy groups -OCH3 is 1. The number of ether oxygens (including phenoxy) is 5. The minimum absolute atomic E-state index is 0.0884. The summed E-state index contributed by atoms with van der Waals surface area (Å²) in [5, 5.41) is 0. The molecule has 10 heteroatoms. The van der Waals surface area contributed by atoms with Gasteiger partial charge in [-0.3, -0.25) is 0 Å². The Kier molecular flexibility index (Phi) is 18.3. The first kappa shape index (κ1) is 54.0. The number of fused-ring (bicyclic) bond motifs is 7. The molecular formula is C57H86O10. The van der Waals surface area contributed by atoms with E-state index in [0.29, 0.717) is 45.1 Å². The fourth-order valence-electron chi connectivity index (χ4n) is 14.0. The molecule has 374 valence electrons. The van der Waals surface area contributed by atoms with Crippen LogP contribution in [0.5, 0.6) is 0 Å². The number of rotatable bonds is 9. The molecule has 0 radical (unpaired) electrons. The molecule has 10 aliphatic rings. The second-order valence-corrected chi connectivity index (χ2v) is 23.2. The van der Waals surface area contributed by atoms with Gasteiger partial charge in [0.25, 0.3) is 0 Å². The molecule has 0 spiro atoms. The number of esters is 5. The number of hydrogen-bond donors (Lipinski definition) is 0. The Morgan fingerprint density at radius 3 is 1.43 bits per heavy atom. The van der Waals surface area contributed by atoms with Crippen molar-refractivity contribution in [1.82, 2.24) is 0 Å². The minimum Gasteiger partial charge on any atom is -0.466 e. The Balaban J connectivity index is 0.000000161. The third kappa shape index (κ3) is 13.0. The average Bonchev–Trinajstić information content (AvgIpc) is 4.06. The first-order valence-corrected chi connectivity index (χ1v) is 25.6. The molecule has 0 N–H and O–H groups in total. The molecule has 8 atom stereocenters. The van der Waals surface area contributed by atoms with E-state index >= 15 is 0 Å². The molecule has 0 aliphatic heterocycles. The highest BCUT2D eigenvalue weighted by Crippen LogP contribution is 2.66. The Morgan fingerprint density at radius 1 is 0.493 bits per heavy atom. The molecule has 0 aromatic rings. The summed E-state index contributed by atoms with van der Waals surface area (Å²) in [5.74, 6) is 5.34. The summed E-state index contributed by atoms with van der Waals surface area (Å²) < 4.78 is 26.4. The lowest BCUT2D eigenvalue weighted by Crippen LogP contribution is -2.52. The molecule has 10 nitrogen and oxygen atoms in total. The van der Waals surface area contributed by atoms with E-state index in [1.165, 1.54) is 84.2 Å². The molecule has 0 heterocycles. The van der Waals surface area contributed by atoms with Crippen molar-refractivity contribution in [2.45, 2.75) is 201 Å². The van der Waals surface area contributed by atoms with Crippen LogP contribution in [-0.2, 0) is 47.7 Å². The van der Waals surface area contributed by atoms with Crippen LogP contribution >= 0.6 is 0 Å². The van der Waals surface area contributed by atoms with E-state index < -0.39 is 0 Å². The first-order chi connectivity index (χ1) is 31.4. The molecule has 0 aromatic heterocycles. The third-order valence-corrected chi connectivity index (χ3v) is 17.6. The van der Waals surface area contributed by atoms with Gasteiger partial charge in [0, 0.05) is 33.3 Å². The van der Waals surface area contributed by atoms with Crippen molar-refractivity contribution in [1.29, 1.82) is 0 Å². The zero-order valence-corrected chi connectivity index (χ0v) is 42.9. The van der Waals surface area contributed by atoms with Crippen LogP contribution in [0.1, 0.15) is 177 Å². The fourth-order valence-corrected chi connectivity index (χ4v) is 14.0. The molecule has 10 aliphatic carbocycles. The van der Waals surface area contributed by atoms with Crippen molar-refractivity contribution in [3.63, 3.8) is 0 Å². The molecular weight excluding hydrogens is 845 g/mol. The van der Waals surface area contributed by atoms with E-state index in [4.69, 9.17) is 18.9 Å². The van der Waals surface area contributed by atoms with Crippen molar-refractivity contribution >= 4 is 29.8 Å². The summed E-state index contributed by atoms with van der Waals surface area (Å²) in [7, 11) is 1.33. The highest BCUT2D eigenvalue weighted by atomic mass is 16.6. The molecule has 10 saturated carbocycles. The minimum atomic E-state index is -0.347. The summed E-state index contributed by atoms with van der Waals surface area (Å²) in [6.07, 6.45) is 23.7. The molecule has 0 saturated heterocycles. The molecule has 10 fully saturated rings. The van der Waals surface area contributed by atoms with Crippen molar-refractivity contribution in [2.24, 2.45) is 58.2 Å². The highest BCUT2D eigenvalue weighted by molar-refractivity contribution is 5.88. The smallest absolute Gasteiger partial charge is 0.333 e. The molecule has 10 rings (SSSR count). The maximum Gasteiger partial charge on any atom is 0.333 e. The van der Waals surface area contributed by atoms with E-state index in [2.05, 4.69) is 58.4 Å². The van der Waals surface area contributed by atoms with Crippen LogP contribution in [0.4, 0.5) is 0 Å². The van der Waals surface area contributed by atoms with Gasteiger partial charge < -0.3 is 23.7 Å². The summed E-state index contributed by atoms with van der Waals surface area (Å²) >= 11 is 0. The van der Waals surface area contributed by atoms with Crippen LogP contribution in [0.2, 0.25) is 0 Å². The second-order valence-electron chi connectivity index (χ2n) is 23.2. The second kappa shape index (κ2) is 22.6. The molecule has 67 heavy (non-hydrogen) atoms. The normalized spacial score (nSPS) is 34.9. The van der Waals surface area contributed by atoms with Gasteiger partial charge in [0.1, 0.15) is 23.9 Å². The maximum atomic E-state index is 11.7. The number of carbonyl (C=O) groups is 5. The van der Waals surface area contributed by atoms with Gasteiger partial charge in [-0.25, -0.2) is 24.0 Å². The highest BCUT2D eigenvalue weighted by Gasteiger charge is 2.63. The van der Waals surface area contributed by atoms with Crippen molar-refractivity contribution < 1.29 is 47.7 Å². The van der Waals surface area contributed by atoms with Crippen molar-refractivity contribution in [2.75, 3.05) is 7.11 Å². The van der Waals surface area contributed by atoms with Gasteiger partial charge in [-0.15, -0.1) is 0 Å². The Hall–Kier alpha value is -3.95. The maximum absolute atomic E-state index is 11.7. The monoisotopic (exact) mass is 931 g/mol. The lowest BCUT2D eigenvalue weighted by molar-refractivity contribution is -0.182. The first-order valence-electron chi connectivity index (χ1n) is 25.6. The van der Waals surface area contributed by atoms with E-state index in [9.17, 15) is 24.0 Å². The van der Waals surface area contributed by atoms with Gasteiger partial charge >= 0.3 is 29.8 Å². The van der Waals surface area contributed by atoms with Crippen LogP contribution in [0, 0.1) is 58.2 Å². The van der Waals surface area contributed by atoms with Gasteiger partial charge in [-0.05, 0) is 197 Å². The predicted molar refractivity (Wildman–Crippen MR) is 262 cm³/mol. The van der Waals surface area contributed by atoms with E-state index in [-0.39, 0.29) is 59.2 Å². The third-order valence-electron chi connectivity index (χ3n) is 17.6. The van der Waals surface area contributed by atoms with Gasteiger partial charge in [-0.1, -0.05) is 66.5 Å². The summed E-state index contributed by atoms with van der Waals surface area (Å²) in [5.41, 5.74) is 2.86. The standard InChI is InChI=1S/2C14H20O2.C14H22O2.C10H16O2.C5H8O2/c1-9(2)13(15)16-14-6-10-3-11(7-14)5-12(4-10)8-14;1-8(2)14(15)16-13-7-9-6-12(13)11-5-3-4-10(9)11;1-9(2)12(15)16-11-8-10-6-7-14(11,5)13(10,3)4;1-8(2)10(11)12-9-6-4-3-5-7-9;1-4(2)5(6)7-3/h10-12H,1,3-8H2,2H3;9-13H,1,3-7H2,2H3;10-11H,1,6-8H2,2-5H3;9H,1,3-7H2,2H3;1H2,2-3H3. The summed E-state index contributed by atoms with van der Waals surface area (Å²) in [6, 6.07) is 0. The van der Waals surface area contributed by atoms with E-state index in [1.807, 2.05) is 0 Å². The van der Waals surface area contributed by atoms with Crippen LogP contribution < -0.4 is 0 Å². The van der Waals surface area contributed by atoms with Crippen LogP contribution in [-0.4, -0.2) is 60.9 Å². The van der Waals surface area contributed by atoms with E-state index in [0.717, 1.165) is 80.5 Å². The van der Waals surface area contributed by atoms with Gasteiger partial charge in [0.05, 0.1) is 7.11 Å². The quantitative estimate of drug-likeness (QED) is 0.125. The zero-order chi connectivity index (χ0) is 49.6. The lowest BCUT2D eigenvalue weighted by Gasteiger charge is -2.55. The average molecular weight is 931 g/mol. The largest absolute Gasteiger partial charge is 0.466 e. The van der Waals surface area contributed by atoms with Crippen LogP contribution in [0.25, 0.3) is 0 Å². The van der Waals surface area contributed by atoms with Crippen molar-refractivity contribution in [3.05, 3.63) is 60.8 Å². The SMILES string of the molecule is C=C(C)C(=O)OC.C=C(C)C(=O)OC12CC3CC(CC(C3)C1)C2.C=C(C)C(=O)OC1CC2CC1C1CCCC21.C=C(C)C(=O)OC1CC2CCC1(C)C2(C)C.C=C(C)C(=O)OC1CCCCC1. The summed E-state index contributed by atoms with van der Waals surface area (Å²) in [6.45, 7) is 33.3. The number of hydrogen-bond acceptors (Lipinski definition) is 10. The van der Waals surface area contributed by atoms with Crippen LogP contribution in [0.3, 0.4) is 0 Å². The molecule has 0 amide bonds. The zero-order valence-electron chi connectivity index (χ0n) is 42.9. The van der Waals surface area contributed by atoms with Crippen molar-refractivity contribution in [3.8, 4) is 0 Å². The Morgan fingerprint density at radius 2 is 0.985 bits per heavy atom. The fraction of sp³-hybridized carbons (Fsp3) is 0.737. The van der Waals surface area contributed by atoms with E-state index in [1.54, 1.807) is 34.6 Å². The molecule has 0 aromatic carbocycles. The predicted octanol–water partition coefficient (Wildman–Crippen LogP) is 12.5. The Bertz CT molecular complexity index is 1860. The molecule has 8 unspecified atom stereocenters.